The third-order valence-electron chi connectivity index (χ3n) is 1.74. The topological polar surface area (TPSA) is 55.4 Å². The van der Waals surface area contributed by atoms with Crippen molar-refractivity contribution in [2.45, 2.75) is 0 Å². The van der Waals surface area contributed by atoms with Crippen LogP contribution in [0.4, 0.5) is 5.69 Å². The Hall–Kier alpha value is -1.18. The van der Waals surface area contributed by atoms with Gasteiger partial charge in [-0.15, -0.1) is 0 Å². The van der Waals surface area contributed by atoms with Crippen molar-refractivity contribution >= 4 is 36.2 Å². The lowest BCUT2D eigenvalue weighted by molar-refractivity contribution is 0.596. The highest BCUT2D eigenvalue weighted by Gasteiger charge is 2.16. The third-order valence-corrected chi connectivity index (χ3v) is 2.99. The maximum Gasteiger partial charge on any atom is 0.375 e. The van der Waals surface area contributed by atoms with Crippen LogP contribution in [-0.2, 0) is 4.57 Å². The molecule has 0 saturated carbocycles. The minimum Gasteiger partial charge on any atom is -0.382 e. The SMILES string of the molecule is C=C(Cl)C(N)=Nc1ccccc1[P+](C)=O. The van der Waals surface area contributed by atoms with Crippen molar-refractivity contribution in [2.24, 2.45) is 10.7 Å². The number of benzene rings is 1. The highest BCUT2D eigenvalue weighted by Crippen LogP contribution is 2.22. The summed E-state index contributed by atoms with van der Waals surface area (Å²) in [6.45, 7) is 5.08. The fourth-order valence-corrected chi connectivity index (χ4v) is 1.80. The average molecular weight is 242 g/mol. The Balaban J connectivity index is 3.20. The molecule has 0 bridgehead atoms. The molecule has 0 fully saturated rings. The Morgan fingerprint density at radius 2 is 2.13 bits per heavy atom. The van der Waals surface area contributed by atoms with Crippen molar-refractivity contribution in [3.63, 3.8) is 0 Å². The first-order chi connectivity index (χ1) is 7.02. The molecule has 0 amide bonds. The maximum atomic E-state index is 11.4. The maximum absolute atomic E-state index is 11.4. The zero-order valence-electron chi connectivity index (χ0n) is 8.27. The van der Waals surface area contributed by atoms with E-state index in [0.717, 1.165) is 0 Å². The molecule has 5 heteroatoms. The first kappa shape index (κ1) is 11.9. The van der Waals surface area contributed by atoms with Crippen LogP contribution in [0.2, 0.25) is 0 Å². The van der Waals surface area contributed by atoms with E-state index in [1.165, 1.54) is 0 Å². The minimum atomic E-state index is -1.45. The van der Waals surface area contributed by atoms with Gasteiger partial charge in [-0.2, -0.15) is 0 Å². The lowest BCUT2D eigenvalue weighted by Gasteiger charge is -1.97. The van der Waals surface area contributed by atoms with E-state index >= 15 is 0 Å². The van der Waals surface area contributed by atoms with Crippen LogP contribution in [0.1, 0.15) is 0 Å². The van der Waals surface area contributed by atoms with Crippen molar-refractivity contribution < 1.29 is 4.57 Å². The Bertz CT molecular complexity index is 443. The summed E-state index contributed by atoms with van der Waals surface area (Å²) in [6.07, 6.45) is 0. The monoisotopic (exact) mass is 241 g/mol. The van der Waals surface area contributed by atoms with Crippen LogP contribution in [0, 0.1) is 0 Å². The summed E-state index contributed by atoms with van der Waals surface area (Å²) in [7, 11) is -1.45. The molecule has 0 aromatic heterocycles. The standard InChI is InChI=1S/C10H11ClN2OP/c1-7(11)10(12)13-8-5-3-4-6-9(8)15(2)14/h3-6H,1H2,2H3,(H2,12,13)/q+1. The van der Waals surface area contributed by atoms with Gasteiger partial charge in [-0.25, -0.2) is 4.99 Å². The fourth-order valence-electron chi connectivity index (χ4n) is 1.02. The fraction of sp³-hybridized carbons (Fsp3) is 0.100. The summed E-state index contributed by atoms with van der Waals surface area (Å²) in [5, 5.41) is 0.837. The van der Waals surface area contributed by atoms with Crippen molar-refractivity contribution in [3.05, 3.63) is 35.9 Å². The molecule has 0 spiro atoms. The van der Waals surface area contributed by atoms with Gasteiger partial charge < -0.3 is 5.73 Å². The molecular formula is C10H11ClN2OP+. The third kappa shape index (κ3) is 3.15. The van der Waals surface area contributed by atoms with Crippen molar-refractivity contribution in [3.8, 4) is 0 Å². The predicted octanol–water partition coefficient (Wildman–Crippen LogP) is 2.51. The summed E-state index contributed by atoms with van der Waals surface area (Å²) in [5.74, 6) is 0.140. The summed E-state index contributed by atoms with van der Waals surface area (Å²) in [5.41, 5.74) is 6.11. The summed E-state index contributed by atoms with van der Waals surface area (Å²) >= 11 is 5.59. The second-order valence-electron chi connectivity index (χ2n) is 2.89. The first-order valence-electron chi connectivity index (χ1n) is 4.21. The van der Waals surface area contributed by atoms with Crippen LogP contribution < -0.4 is 11.0 Å². The van der Waals surface area contributed by atoms with Crippen LogP contribution in [0.5, 0.6) is 0 Å². The number of hydrogen-bond donors (Lipinski definition) is 1. The normalized spacial score (nSPS) is 12.4. The van der Waals surface area contributed by atoms with Gasteiger partial charge in [0, 0.05) is 0 Å². The molecule has 0 aliphatic rings. The second kappa shape index (κ2) is 5.06. The number of halogens is 1. The molecule has 2 N–H and O–H groups in total. The average Bonchev–Trinajstić information content (AvgIpc) is 2.18. The highest BCUT2D eigenvalue weighted by molar-refractivity contribution is 7.53. The molecule has 0 saturated heterocycles. The lowest BCUT2D eigenvalue weighted by atomic mass is 10.3. The number of para-hydroxylation sites is 1. The molecule has 0 heterocycles. The van der Waals surface area contributed by atoms with E-state index in [2.05, 4.69) is 11.6 Å². The van der Waals surface area contributed by atoms with Gasteiger partial charge in [-0.05, 0) is 12.1 Å². The molecule has 1 aromatic carbocycles. The Morgan fingerprint density at radius 1 is 1.53 bits per heavy atom. The predicted molar refractivity (Wildman–Crippen MR) is 65.9 cm³/mol. The first-order valence-corrected chi connectivity index (χ1v) is 6.29. The molecule has 0 radical (unpaired) electrons. The second-order valence-corrected chi connectivity index (χ2v) is 4.82. The van der Waals surface area contributed by atoms with Gasteiger partial charge in [0.05, 0.1) is 5.03 Å². The molecule has 15 heavy (non-hydrogen) atoms. The van der Waals surface area contributed by atoms with E-state index in [1.807, 2.05) is 0 Å². The summed E-state index contributed by atoms with van der Waals surface area (Å²) in [6, 6.07) is 7.09. The largest absolute Gasteiger partial charge is 0.382 e. The van der Waals surface area contributed by atoms with Crippen molar-refractivity contribution in [2.75, 3.05) is 6.66 Å². The van der Waals surface area contributed by atoms with E-state index in [-0.39, 0.29) is 10.9 Å². The molecule has 78 valence electrons. The van der Waals surface area contributed by atoms with Gasteiger partial charge in [-0.1, -0.05) is 34.9 Å². The molecule has 1 unspecified atom stereocenters. The van der Waals surface area contributed by atoms with Gasteiger partial charge in [0.15, 0.2) is 0 Å². The Labute approximate surface area is 94.4 Å². The van der Waals surface area contributed by atoms with Gasteiger partial charge in [0.1, 0.15) is 18.2 Å². The number of rotatable bonds is 3. The number of hydrogen-bond acceptors (Lipinski definition) is 2. The van der Waals surface area contributed by atoms with Gasteiger partial charge in [0.25, 0.3) is 0 Å². The Kier molecular flexibility index (Phi) is 4.01. The van der Waals surface area contributed by atoms with Gasteiger partial charge in [0.2, 0.25) is 5.30 Å². The molecule has 1 rings (SSSR count). The van der Waals surface area contributed by atoms with E-state index < -0.39 is 7.80 Å². The summed E-state index contributed by atoms with van der Waals surface area (Å²) < 4.78 is 11.4. The molecule has 0 aliphatic carbocycles. The number of aliphatic imine (C=N–C) groups is 1. The number of nitrogens with zero attached hydrogens (tertiary/aromatic N) is 1. The lowest BCUT2D eigenvalue weighted by Crippen LogP contribution is -2.11. The van der Waals surface area contributed by atoms with Crippen LogP contribution >= 0.6 is 19.4 Å². The minimum absolute atomic E-state index is 0.140. The van der Waals surface area contributed by atoms with Gasteiger partial charge >= 0.3 is 7.80 Å². The summed E-state index contributed by atoms with van der Waals surface area (Å²) in [4.78, 5) is 4.06. The van der Waals surface area contributed by atoms with E-state index in [0.29, 0.717) is 11.0 Å². The number of nitrogens with two attached hydrogens (primary N) is 1. The van der Waals surface area contributed by atoms with Crippen molar-refractivity contribution in [1.29, 1.82) is 0 Å². The highest BCUT2D eigenvalue weighted by atomic mass is 35.5. The van der Waals surface area contributed by atoms with Crippen LogP contribution in [0.15, 0.2) is 40.9 Å². The molecule has 3 nitrogen and oxygen atoms in total. The molecule has 1 aromatic rings. The van der Waals surface area contributed by atoms with Crippen LogP contribution in [-0.4, -0.2) is 12.5 Å². The quantitative estimate of drug-likeness (QED) is 0.502. The zero-order valence-corrected chi connectivity index (χ0v) is 9.92. The zero-order chi connectivity index (χ0) is 11.4. The van der Waals surface area contributed by atoms with E-state index in [9.17, 15) is 4.57 Å². The van der Waals surface area contributed by atoms with Crippen LogP contribution in [0.3, 0.4) is 0 Å². The smallest absolute Gasteiger partial charge is 0.375 e. The Morgan fingerprint density at radius 3 is 2.67 bits per heavy atom. The van der Waals surface area contributed by atoms with E-state index in [1.54, 1.807) is 30.9 Å². The van der Waals surface area contributed by atoms with Crippen LogP contribution in [0.25, 0.3) is 0 Å². The molecule has 0 aliphatic heterocycles. The number of amidine groups is 1. The van der Waals surface area contributed by atoms with Gasteiger partial charge in [-0.3, -0.25) is 0 Å². The van der Waals surface area contributed by atoms with E-state index in [4.69, 9.17) is 17.3 Å². The molecular weight excluding hydrogens is 231 g/mol. The molecule has 1 atom stereocenters. The van der Waals surface area contributed by atoms with Crippen molar-refractivity contribution in [1.82, 2.24) is 0 Å².